The van der Waals surface area contributed by atoms with Crippen LogP contribution in [0.15, 0.2) is 24.3 Å². The van der Waals surface area contributed by atoms with Crippen molar-refractivity contribution in [1.29, 1.82) is 0 Å². The van der Waals surface area contributed by atoms with Gasteiger partial charge in [0.2, 0.25) is 5.91 Å². The molecule has 34 heavy (non-hydrogen) atoms. The molecule has 3 aliphatic rings. The van der Waals surface area contributed by atoms with E-state index in [1.165, 1.54) is 103 Å². The lowest BCUT2D eigenvalue weighted by molar-refractivity contribution is -0.121. The fraction of sp³-hybridized carbons (Fsp3) is 0.781. The van der Waals surface area contributed by atoms with E-state index in [2.05, 4.69) is 29.6 Å². The highest BCUT2D eigenvalue weighted by Gasteiger charge is 2.51. The fourth-order valence-corrected chi connectivity index (χ4v) is 8.15. The first-order chi connectivity index (χ1) is 16.6. The van der Waals surface area contributed by atoms with Crippen molar-refractivity contribution in [2.75, 3.05) is 0 Å². The zero-order valence-electron chi connectivity index (χ0n) is 22.3. The minimum Gasteiger partial charge on any atom is -0.354 e. The van der Waals surface area contributed by atoms with Crippen LogP contribution in [0.25, 0.3) is 0 Å². The Hall–Kier alpha value is -1.31. The summed E-state index contributed by atoms with van der Waals surface area (Å²) in [7, 11) is 0. The van der Waals surface area contributed by atoms with E-state index in [-0.39, 0.29) is 11.9 Å². The predicted molar refractivity (Wildman–Crippen MR) is 144 cm³/mol. The van der Waals surface area contributed by atoms with Crippen LogP contribution >= 0.6 is 0 Å². The van der Waals surface area contributed by atoms with E-state index in [1.807, 2.05) is 13.8 Å². The van der Waals surface area contributed by atoms with Crippen LogP contribution in [0.2, 0.25) is 0 Å². The zero-order valence-corrected chi connectivity index (χ0v) is 22.3. The molecule has 190 valence electrons. The third kappa shape index (κ3) is 6.46. The lowest BCUT2D eigenvalue weighted by Crippen LogP contribution is -2.41. The summed E-state index contributed by atoms with van der Waals surface area (Å²) in [5.41, 5.74) is 4.08. The minimum absolute atomic E-state index is 0.223. The molecule has 0 spiro atoms. The molecular formula is C32H51NO. The molecule has 1 aromatic rings. The van der Waals surface area contributed by atoms with Gasteiger partial charge in [-0.1, -0.05) is 82.1 Å². The largest absolute Gasteiger partial charge is 0.354 e. The summed E-state index contributed by atoms with van der Waals surface area (Å²) in [5, 5.41) is 2.99. The Balaban J connectivity index is 1.09. The average molecular weight is 466 g/mol. The minimum atomic E-state index is 0.223. The molecule has 3 aliphatic carbocycles. The number of hydrogen-bond acceptors (Lipinski definition) is 1. The van der Waals surface area contributed by atoms with Gasteiger partial charge in [0.25, 0.3) is 0 Å². The van der Waals surface area contributed by atoms with Gasteiger partial charge < -0.3 is 5.32 Å². The summed E-state index contributed by atoms with van der Waals surface area (Å²) in [6, 6.07) is 9.65. The van der Waals surface area contributed by atoms with E-state index in [4.69, 9.17) is 0 Å². The van der Waals surface area contributed by atoms with E-state index < -0.39 is 0 Å². The highest BCUT2D eigenvalue weighted by atomic mass is 16.1. The van der Waals surface area contributed by atoms with Crippen molar-refractivity contribution in [1.82, 2.24) is 5.32 Å². The number of hydrogen-bond donors (Lipinski definition) is 1. The number of carbonyl (C=O) groups excluding carboxylic acids is 1. The molecule has 2 saturated carbocycles. The zero-order chi connectivity index (χ0) is 23.8. The number of benzene rings is 1. The first-order valence-electron chi connectivity index (χ1n) is 15.0. The predicted octanol–water partition coefficient (Wildman–Crippen LogP) is 8.73. The van der Waals surface area contributed by atoms with Crippen LogP contribution < -0.4 is 5.32 Å². The van der Waals surface area contributed by atoms with Gasteiger partial charge in [0.1, 0.15) is 0 Å². The average Bonchev–Trinajstić information content (AvgIpc) is 3.26. The fourth-order valence-electron chi connectivity index (χ4n) is 8.15. The Labute approximate surface area is 210 Å². The molecule has 4 rings (SSSR count). The second-order valence-corrected chi connectivity index (χ2v) is 12.3. The summed E-state index contributed by atoms with van der Waals surface area (Å²) in [6.07, 6.45) is 24.5. The summed E-state index contributed by atoms with van der Waals surface area (Å²) in [4.78, 5) is 11.7. The van der Waals surface area contributed by atoms with Gasteiger partial charge >= 0.3 is 0 Å². The molecule has 2 heteroatoms. The van der Waals surface area contributed by atoms with Gasteiger partial charge in [-0.05, 0) is 99.5 Å². The molecule has 0 aromatic heterocycles. The molecule has 0 radical (unpaired) electrons. The van der Waals surface area contributed by atoms with Crippen molar-refractivity contribution >= 4 is 5.91 Å². The van der Waals surface area contributed by atoms with Crippen LogP contribution in [0, 0.1) is 17.3 Å². The number of carbonyl (C=O) groups is 1. The van der Waals surface area contributed by atoms with Gasteiger partial charge in [-0.3, -0.25) is 4.79 Å². The molecule has 1 N–H and O–H groups in total. The lowest BCUT2D eigenvalue weighted by atomic mass is 9.54. The van der Waals surface area contributed by atoms with Crippen LogP contribution in [-0.4, -0.2) is 11.9 Å². The van der Waals surface area contributed by atoms with Gasteiger partial charge in [0.15, 0.2) is 0 Å². The standard InChI is InChI=1S/C32H51NO/c1-25(2)33-31(34)18-10-8-6-4-3-5-7-9-13-22-32-23-14-17-30(32)29-20-19-26-15-11-12-16-27(26)28(29)21-24-32/h11-12,15-16,25,28-30H,3-10,13-14,17-24H2,1-2H3,(H,33,34)/t28-,29-,30+,32+/m1/s1. The number of unbranched alkanes of at least 4 members (excludes halogenated alkanes) is 8. The van der Waals surface area contributed by atoms with E-state index in [1.54, 1.807) is 11.1 Å². The van der Waals surface area contributed by atoms with Gasteiger partial charge in [-0.25, -0.2) is 0 Å². The Morgan fingerprint density at radius 3 is 2.38 bits per heavy atom. The normalized spacial score (nSPS) is 27.8. The van der Waals surface area contributed by atoms with E-state index in [0.29, 0.717) is 11.8 Å². The molecule has 2 fully saturated rings. The summed E-state index contributed by atoms with van der Waals surface area (Å²) in [5.74, 6) is 3.08. The Bertz CT molecular complexity index is 770. The van der Waals surface area contributed by atoms with Gasteiger partial charge in [0, 0.05) is 12.5 Å². The molecule has 0 unspecified atom stereocenters. The van der Waals surface area contributed by atoms with Crippen molar-refractivity contribution in [2.45, 2.75) is 141 Å². The molecule has 0 heterocycles. The maximum Gasteiger partial charge on any atom is 0.220 e. The van der Waals surface area contributed by atoms with Crippen LogP contribution in [0.5, 0.6) is 0 Å². The van der Waals surface area contributed by atoms with E-state index in [9.17, 15) is 4.79 Å². The first kappa shape index (κ1) is 25.8. The summed E-state index contributed by atoms with van der Waals surface area (Å²) >= 11 is 0. The molecule has 2 nitrogen and oxygen atoms in total. The Kier molecular flexibility index (Phi) is 9.54. The van der Waals surface area contributed by atoms with Crippen LogP contribution in [0.4, 0.5) is 0 Å². The number of fused-ring (bicyclic) bond motifs is 5. The maximum atomic E-state index is 11.7. The van der Waals surface area contributed by atoms with Crippen molar-refractivity contribution in [3.8, 4) is 0 Å². The van der Waals surface area contributed by atoms with Crippen molar-refractivity contribution in [2.24, 2.45) is 17.3 Å². The SMILES string of the molecule is CC(C)NC(=O)CCCCCCCCCCC[C@@]12CCC[C@H]1[C@@H]1CCc3ccccc3[C@H]1CC2. The molecule has 0 saturated heterocycles. The van der Waals surface area contributed by atoms with Crippen LogP contribution in [-0.2, 0) is 11.2 Å². The Morgan fingerprint density at radius 2 is 1.62 bits per heavy atom. The molecular weight excluding hydrogens is 414 g/mol. The van der Waals surface area contributed by atoms with Crippen molar-refractivity contribution in [3.63, 3.8) is 0 Å². The molecule has 0 bridgehead atoms. The number of rotatable bonds is 13. The monoisotopic (exact) mass is 465 g/mol. The lowest BCUT2D eigenvalue weighted by Gasteiger charge is -2.51. The number of aryl methyl sites for hydroxylation is 1. The van der Waals surface area contributed by atoms with Crippen LogP contribution in [0.3, 0.4) is 0 Å². The molecule has 4 atom stereocenters. The number of amides is 1. The highest BCUT2D eigenvalue weighted by Crippen LogP contribution is 2.62. The molecule has 1 aromatic carbocycles. The molecule has 0 aliphatic heterocycles. The summed E-state index contributed by atoms with van der Waals surface area (Å²) < 4.78 is 0. The summed E-state index contributed by atoms with van der Waals surface area (Å²) in [6.45, 7) is 4.06. The van der Waals surface area contributed by atoms with Crippen LogP contribution in [0.1, 0.15) is 140 Å². The number of nitrogens with one attached hydrogen (secondary N) is 1. The van der Waals surface area contributed by atoms with Crippen molar-refractivity contribution in [3.05, 3.63) is 35.4 Å². The third-order valence-corrected chi connectivity index (χ3v) is 9.69. The van der Waals surface area contributed by atoms with E-state index in [0.717, 1.165) is 24.2 Å². The maximum absolute atomic E-state index is 11.7. The third-order valence-electron chi connectivity index (χ3n) is 9.69. The highest BCUT2D eigenvalue weighted by molar-refractivity contribution is 5.76. The second-order valence-electron chi connectivity index (χ2n) is 12.3. The quantitative estimate of drug-likeness (QED) is 0.290. The smallest absolute Gasteiger partial charge is 0.220 e. The topological polar surface area (TPSA) is 29.1 Å². The first-order valence-corrected chi connectivity index (χ1v) is 15.0. The second kappa shape index (κ2) is 12.6. The van der Waals surface area contributed by atoms with Gasteiger partial charge in [0.05, 0.1) is 0 Å². The van der Waals surface area contributed by atoms with Gasteiger partial charge in [-0.2, -0.15) is 0 Å². The van der Waals surface area contributed by atoms with E-state index >= 15 is 0 Å². The van der Waals surface area contributed by atoms with Crippen molar-refractivity contribution < 1.29 is 4.79 Å². The Morgan fingerprint density at radius 1 is 0.912 bits per heavy atom. The van der Waals surface area contributed by atoms with Gasteiger partial charge in [-0.15, -0.1) is 0 Å². The molecule has 1 amide bonds.